The molecule has 0 unspecified atom stereocenters. The van der Waals surface area contributed by atoms with Gasteiger partial charge in [0.05, 0.1) is 35.8 Å². The SMILES string of the molecule is CN(C(=O)OC(C)(C)C)c1nc2c(cc(-c3cc(F)cc(C#N)c3)n2CCNCCO)c2c1ncn2C. The van der Waals surface area contributed by atoms with E-state index in [9.17, 15) is 14.4 Å². The molecule has 10 nitrogen and oxygen atoms in total. The number of nitrogens with zero attached hydrogens (tertiary/aromatic N) is 6. The molecule has 1 aromatic carbocycles. The molecule has 0 saturated heterocycles. The Morgan fingerprint density at radius 1 is 1.27 bits per heavy atom. The molecule has 0 radical (unpaired) electrons. The average molecular weight is 508 g/mol. The number of aliphatic hydroxyl groups is 1. The zero-order valence-corrected chi connectivity index (χ0v) is 21.5. The maximum atomic E-state index is 14.4. The van der Waals surface area contributed by atoms with Gasteiger partial charge in [-0.25, -0.2) is 19.2 Å². The van der Waals surface area contributed by atoms with E-state index in [-0.39, 0.29) is 12.2 Å². The molecule has 194 valence electrons. The molecular formula is C26H30FN7O3. The fraction of sp³-hybridized carbons (Fsp3) is 0.385. The number of pyridine rings is 1. The first-order valence-electron chi connectivity index (χ1n) is 11.9. The third-order valence-corrected chi connectivity index (χ3v) is 5.79. The van der Waals surface area contributed by atoms with Crippen LogP contribution in [0.25, 0.3) is 33.3 Å². The topological polar surface area (TPSA) is 121 Å². The molecule has 0 spiro atoms. The lowest BCUT2D eigenvalue weighted by molar-refractivity contribution is 0.0588. The van der Waals surface area contributed by atoms with Crippen molar-refractivity contribution in [1.82, 2.24) is 24.4 Å². The monoisotopic (exact) mass is 507 g/mol. The fourth-order valence-electron chi connectivity index (χ4n) is 4.21. The number of hydrogen-bond donors (Lipinski definition) is 2. The lowest BCUT2D eigenvalue weighted by Crippen LogP contribution is -2.34. The number of aromatic nitrogens is 4. The summed E-state index contributed by atoms with van der Waals surface area (Å²) in [4.78, 5) is 23.6. The van der Waals surface area contributed by atoms with E-state index < -0.39 is 17.5 Å². The summed E-state index contributed by atoms with van der Waals surface area (Å²) in [5, 5.41) is 22.5. The van der Waals surface area contributed by atoms with Crippen molar-refractivity contribution in [3.8, 4) is 17.3 Å². The summed E-state index contributed by atoms with van der Waals surface area (Å²) >= 11 is 0. The fourth-order valence-corrected chi connectivity index (χ4v) is 4.21. The van der Waals surface area contributed by atoms with Gasteiger partial charge in [0.25, 0.3) is 0 Å². The first kappa shape index (κ1) is 26.1. The number of ether oxygens (including phenoxy) is 1. The minimum atomic E-state index is -0.694. The van der Waals surface area contributed by atoms with Crippen molar-refractivity contribution in [3.63, 3.8) is 0 Å². The van der Waals surface area contributed by atoms with Gasteiger partial charge in [-0.3, -0.25) is 4.90 Å². The molecule has 37 heavy (non-hydrogen) atoms. The molecule has 4 rings (SSSR count). The van der Waals surface area contributed by atoms with Gasteiger partial charge in [0.15, 0.2) is 5.82 Å². The summed E-state index contributed by atoms with van der Waals surface area (Å²) < 4.78 is 23.7. The van der Waals surface area contributed by atoms with E-state index in [1.807, 2.05) is 28.3 Å². The number of carbonyl (C=O) groups excluding carboxylic acids is 1. The summed E-state index contributed by atoms with van der Waals surface area (Å²) in [6, 6.07) is 8.09. The largest absolute Gasteiger partial charge is 0.443 e. The van der Waals surface area contributed by atoms with Crippen molar-refractivity contribution in [1.29, 1.82) is 5.26 Å². The van der Waals surface area contributed by atoms with Gasteiger partial charge < -0.3 is 24.3 Å². The van der Waals surface area contributed by atoms with Crippen molar-refractivity contribution < 1.29 is 19.0 Å². The molecule has 3 heterocycles. The highest BCUT2D eigenvalue weighted by atomic mass is 19.1. The number of nitrogens with one attached hydrogen (secondary N) is 1. The van der Waals surface area contributed by atoms with Gasteiger partial charge in [0.1, 0.15) is 22.6 Å². The van der Waals surface area contributed by atoms with Crippen molar-refractivity contribution in [2.45, 2.75) is 32.9 Å². The maximum Gasteiger partial charge on any atom is 0.415 e. The van der Waals surface area contributed by atoms with Gasteiger partial charge in [-0.1, -0.05) is 0 Å². The van der Waals surface area contributed by atoms with E-state index in [1.54, 1.807) is 40.2 Å². The van der Waals surface area contributed by atoms with E-state index in [4.69, 9.17) is 14.8 Å². The van der Waals surface area contributed by atoms with Gasteiger partial charge in [-0.15, -0.1) is 0 Å². The van der Waals surface area contributed by atoms with E-state index in [0.29, 0.717) is 47.9 Å². The van der Waals surface area contributed by atoms with E-state index in [1.165, 1.54) is 17.0 Å². The maximum absolute atomic E-state index is 14.4. The number of halogens is 1. The van der Waals surface area contributed by atoms with Crippen LogP contribution in [-0.2, 0) is 18.3 Å². The number of anilines is 1. The molecule has 0 atom stereocenters. The quantitative estimate of drug-likeness (QED) is 0.367. The third kappa shape index (κ3) is 5.26. The zero-order chi connectivity index (χ0) is 26.9. The van der Waals surface area contributed by atoms with E-state index in [0.717, 1.165) is 10.9 Å². The van der Waals surface area contributed by atoms with Crippen LogP contribution < -0.4 is 10.2 Å². The number of aliphatic hydroxyl groups excluding tert-OH is 1. The molecule has 2 N–H and O–H groups in total. The molecule has 0 aliphatic heterocycles. The summed E-state index contributed by atoms with van der Waals surface area (Å²) in [6.45, 7) is 6.71. The Bertz CT molecular complexity index is 1510. The number of fused-ring (bicyclic) bond motifs is 3. The summed E-state index contributed by atoms with van der Waals surface area (Å²) in [5.74, 6) is -0.197. The van der Waals surface area contributed by atoms with Crippen LogP contribution in [0.2, 0.25) is 0 Å². The van der Waals surface area contributed by atoms with Crippen LogP contribution >= 0.6 is 0 Å². The van der Waals surface area contributed by atoms with Crippen LogP contribution in [0.5, 0.6) is 0 Å². The average Bonchev–Trinajstić information content (AvgIpc) is 3.40. The lowest BCUT2D eigenvalue weighted by atomic mass is 10.1. The number of nitriles is 1. The number of imidazole rings is 1. The van der Waals surface area contributed by atoms with Crippen LogP contribution in [0.4, 0.5) is 15.0 Å². The van der Waals surface area contributed by atoms with Crippen LogP contribution in [0.15, 0.2) is 30.6 Å². The lowest BCUT2D eigenvalue weighted by Gasteiger charge is -2.24. The van der Waals surface area contributed by atoms with Crippen LogP contribution in [-0.4, -0.2) is 62.6 Å². The van der Waals surface area contributed by atoms with Crippen molar-refractivity contribution >= 4 is 34.0 Å². The van der Waals surface area contributed by atoms with Crippen LogP contribution in [0, 0.1) is 17.1 Å². The molecule has 11 heteroatoms. The van der Waals surface area contributed by atoms with Gasteiger partial charge in [0.2, 0.25) is 0 Å². The van der Waals surface area contributed by atoms with Gasteiger partial charge >= 0.3 is 6.09 Å². The normalized spacial score (nSPS) is 11.7. The molecule has 0 fully saturated rings. The smallest absolute Gasteiger partial charge is 0.415 e. The Labute approximate surface area is 213 Å². The second-order valence-corrected chi connectivity index (χ2v) is 9.76. The van der Waals surface area contributed by atoms with E-state index in [2.05, 4.69) is 10.3 Å². The predicted octanol–water partition coefficient (Wildman–Crippen LogP) is 3.55. The second kappa shape index (κ2) is 10.2. The number of aryl methyl sites for hydroxylation is 1. The minimum absolute atomic E-state index is 0.00652. The Morgan fingerprint density at radius 3 is 2.70 bits per heavy atom. The Kier molecular flexibility index (Phi) is 7.16. The second-order valence-electron chi connectivity index (χ2n) is 9.76. The van der Waals surface area contributed by atoms with Gasteiger partial charge in [0, 0.05) is 44.7 Å². The first-order valence-corrected chi connectivity index (χ1v) is 11.9. The highest BCUT2D eigenvalue weighted by Crippen LogP contribution is 2.36. The minimum Gasteiger partial charge on any atom is -0.443 e. The Hall–Kier alpha value is -4.01. The number of hydrogen-bond acceptors (Lipinski definition) is 7. The molecular weight excluding hydrogens is 477 g/mol. The van der Waals surface area contributed by atoms with Gasteiger partial charge in [-0.05, 0) is 45.0 Å². The standard InChI is InChI=1S/C26H30FN7O3/c1-26(2,3)37-25(36)33(5)24-21-22(32(4)15-30-21)19-13-20(17-10-16(14-28)11-18(27)12-17)34(23(19)31-24)8-6-29-7-9-35/h10-13,15,29,35H,6-9H2,1-5H3. The zero-order valence-electron chi connectivity index (χ0n) is 21.5. The highest BCUT2D eigenvalue weighted by Gasteiger charge is 2.27. The van der Waals surface area contributed by atoms with Gasteiger partial charge in [-0.2, -0.15) is 5.26 Å². The molecule has 0 aliphatic carbocycles. The summed E-state index contributed by atoms with van der Waals surface area (Å²) in [6.07, 6.45) is 1.08. The van der Waals surface area contributed by atoms with E-state index >= 15 is 0 Å². The van der Waals surface area contributed by atoms with Crippen LogP contribution in [0.3, 0.4) is 0 Å². The third-order valence-electron chi connectivity index (χ3n) is 5.79. The number of benzene rings is 1. The Morgan fingerprint density at radius 2 is 2.03 bits per heavy atom. The molecule has 3 aromatic heterocycles. The first-order chi connectivity index (χ1) is 17.5. The number of rotatable bonds is 7. The molecule has 4 aromatic rings. The predicted molar refractivity (Wildman–Crippen MR) is 139 cm³/mol. The van der Waals surface area contributed by atoms with Crippen LogP contribution in [0.1, 0.15) is 26.3 Å². The number of amides is 1. The van der Waals surface area contributed by atoms with Crippen molar-refractivity contribution in [2.75, 3.05) is 31.6 Å². The number of carbonyl (C=O) groups is 1. The van der Waals surface area contributed by atoms with Crippen molar-refractivity contribution in [3.05, 3.63) is 42.0 Å². The molecule has 0 bridgehead atoms. The summed E-state index contributed by atoms with van der Waals surface area (Å²) in [5.41, 5.74) is 2.51. The van der Waals surface area contributed by atoms with Crippen molar-refractivity contribution in [2.24, 2.45) is 7.05 Å². The Balaban J connectivity index is 1.97. The summed E-state index contributed by atoms with van der Waals surface area (Å²) in [7, 11) is 3.43. The molecule has 0 saturated carbocycles. The molecule has 1 amide bonds. The highest BCUT2D eigenvalue weighted by molar-refractivity contribution is 6.10. The molecule has 0 aliphatic rings.